The first-order valence-electron chi connectivity index (χ1n) is 6.90. The summed E-state index contributed by atoms with van der Waals surface area (Å²) in [5.74, 6) is -0.470. The Balaban J connectivity index is 0.00000161. The summed E-state index contributed by atoms with van der Waals surface area (Å²) in [4.78, 5) is 0.0589. The van der Waals surface area contributed by atoms with Crippen LogP contribution in [0, 0.1) is 18.2 Å². The van der Waals surface area contributed by atoms with Crippen LogP contribution in [0.3, 0.4) is 0 Å². The van der Waals surface area contributed by atoms with Gasteiger partial charge >= 0.3 is 0 Å². The minimum atomic E-state index is -3.58. The van der Waals surface area contributed by atoms with E-state index in [1.54, 1.807) is 6.92 Å². The molecule has 0 radical (unpaired) electrons. The van der Waals surface area contributed by atoms with Gasteiger partial charge in [-0.05, 0) is 49.4 Å². The molecule has 2 saturated heterocycles. The number of benzene rings is 1. The number of nitrogens with zero attached hydrogens (tertiary/aromatic N) is 1. The molecule has 0 aliphatic carbocycles. The zero-order valence-electron chi connectivity index (χ0n) is 11.9. The molecule has 7 heteroatoms. The van der Waals surface area contributed by atoms with Crippen molar-refractivity contribution in [1.82, 2.24) is 9.62 Å². The van der Waals surface area contributed by atoms with Crippen LogP contribution in [0.5, 0.6) is 0 Å². The molecule has 118 valence electrons. The summed E-state index contributed by atoms with van der Waals surface area (Å²) < 4.78 is 40.3. The van der Waals surface area contributed by atoms with E-state index in [-0.39, 0.29) is 22.7 Å². The molecule has 1 aromatic carbocycles. The Morgan fingerprint density at radius 3 is 2.71 bits per heavy atom. The largest absolute Gasteiger partial charge is 0.316 e. The lowest BCUT2D eigenvalue weighted by Gasteiger charge is -2.22. The van der Waals surface area contributed by atoms with Crippen molar-refractivity contribution in [2.75, 3.05) is 26.2 Å². The minimum Gasteiger partial charge on any atom is -0.316 e. The fourth-order valence-corrected chi connectivity index (χ4v) is 4.69. The molecule has 2 fully saturated rings. The summed E-state index contributed by atoms with van der Waals surface area (Å²) in [5.41, 5.74) is 0.540. The second-order valence-electron chi connectivity index (χ2n) is 5.93. The maximum Gasteiger partial charge on any atom is 0.243 e. The fourth-order valence-electron chi connectivity index (χ4n) is 3.13. The highest BCUT2D eigenvalue weighted by Crippen LogP contribution is 2.38. The van der Waals surface area contributed by atoms with Crippen molar-refractivity contribution >= 4 is 22.4 Å². The molecule has 2 aliphatic rings. The third-order valence-corrected chi connectivity index (χ3v) is 6.36. The molecule has 1 aromatic rings. The van der Waals surface area contributed by atoms with Crippen LogP contribution in [0.15, 0.2) is 23.1 Å². The van der Waals surface area contributed by atoms with E-state index < -0.39 is 15.8 Å². The van der Waals surface area contributed by atoms with Gasteiger partial charge in [-0.2, -0.15) is 4.31 Å². The normalized spacial score (nSPS) is 26.2. The summed E-state index contributed by atoms with van der Waals surface area (Å²) in [6, 6.07) is 4.14. The first-order valence-corrected chi connectivity index (χ1v) is 8.34. The molecule has 1 spiro atoms. The van der Waals surface area contributed by atoms with Gasteiger partial charge in [-0.25, -0.2) is 12.8 Å². The van der Waals surface area contributed by atoms with Gasteiger partial charge in [0.25, 0.3) is 0 Å². The smallest absolute Gasteiger partial charge is 0.243 e. The highest BCUT2D eigenvalue weighted by molar-refractivity contribution is 7.89. The van der Waals surface area contributed by atoms with Gasteiger partial charge in [0.05, 0.1) is 4.90 Å². The van der Waals surface area contributed by atoms with Gasteiger partial charge in [0.2, 0.25) is 10.0 Å². The van der Waals surface area contributed by atoms with Crippen LogP contribution < -0.4 is 5.32 Å². The van der Waals surface area contributed by atoms with E-state index in [0.717, 1.165) is 32.0 Å². The number of aryl methyl sites for hydroxylation is 1. The third-order valence-electron chi connectivity index (χ3n) is 4.52. The van der Waals surface area contributed by atoms with Crippen molar-refractivity contribution in [2.24, 2.45) is 5.41 Å². The summed E-state index contributed by atoms with van der Waals surface area (Å²) in [6.45, 7) is 4.52. The number of nitrogens with one attached hydrogen (secondary N) is 1. The number of rotatable bonds is 2. The van der Waals surface area contributed by atoms with Crippen LogP contribution in [0.25, 0.3) is 0 Å². The summed E-state index contributed by atoms with van der Waals surface area (Å²) in [7, 11) is -3.58. The second kappa shape index (κ2) is 5.83. The standard InChI is InChI=1S/C14H19FN2O2S.ClH/c1-11-2-3-12(8-13(11)15)20(18,19)17-7-5-14(10-17)4-6-16-9-14;/h2-3,8,16H,4-7,9-10H2,1H3;1H. The molecule has 2 aliphatic heterocycles. The average molecular weight is 335 g/mol. The third kappa shape index (κ3) is 2.95. The lowest BCUT2D eigenvalue weighted by Crippen LogP contribution is -2.33. The highest BCUT2D eigenvalue weighted by atomic mass is 35.5. The van der Waals surface area contributed by atoms with Gasteiger partial charge in [-0.3, -0.25) is 0 Å². The molecule has 1 N–H and O–H groups in total. The number of halogens is 2. The highest BCUT2D eigenvalue weighted by Gasteiger charge is 2.44. The van der Waals surface area contributed by atoms with Crippen LogP contribution in [0.4, 0.5) is 4.39 Å². The van der Waals surface area contributed by atoms with Gasteiger partial charge < -0.3 is 5.32 Å². The quantitative estimate of drug-likeness (QED) is 0.899. The van der Waals surface area contributed by atoms with Crippen molar-refractivity contribution < 1.29 is 12.8 Å². The second-order valence-corrected chi connectivity index (χ2v) is 7.86. The lowest BCUT2D eigenvalue weighted by atomic mass is 9.87. The number of hydrogen-bond donors (Lipinski definition) is 1. The number of hydrogen-bond acceptors (Lipinski definition) is 3. The van der Waals surface area contributed by atoms with E-state index in [1.165, 1.54) is 16.4 Å². The van der Waals surface area contributed by atoms with Crippen molar-refractivity contribution in [3.8, 4) is 0 Å². The Hall–Kier alpha value is -0.690. The molecule has 21 heavy (non-hydrogen) atoms. The predicted octanol–water partition coefficient (Wildman–Crippen LogP) is 1.93. The molecule has 0 amide bonds. The van der Waals surface area contributed by atoms with E-state index >= 15 is 0 Å². The van der Waals surface area contributed by atoms with E-state index in [1.807, 2.05) is 0 Å². The SMILES string of the molecule is Cc1ccc(S(=O)(=O)N2CCC3(CCNC3)C2)cc1F.Cl. The fraction of sp³-hybridized carbons (Fsp3) is 0.571. The van der Waals surface area contributed by atoms with Gasteiger partial charge in [-0.1, -0.05) is 6.07 Å². The first kappa shape index (κ1) is 16.7. The minimum absolute atomic E-state index is 0. The zero-order chi connectivity index (χ0) is 14.4. The van der Waals surface area contributed by atoms with Crippen molar-refractivity contribution in [1.29, 1.82) is 0 Å². The van der Waals surface area contributed by atoms with Gasteiger partial charge in [0.1, 0.15) is 5.82 Å². The molecule has 2 heterocycles. The monoisotopic (exact) mass is 334 g/mol. The lowest BCUT2D eigenvalue weighted by molar-refractivity contribution is 0.338. The Morgan fingerprint density at radius 2 is 2.10 bits per heavy atom. The molecule has 1 unspecified atom stereocenters. The maximum absolute atomic E-state index is 13.6. The van der Waals surface area contributed by atoms with Crippen LogP contribution in [0.1, 0.15) is 18.4 Å². The molecular weight excluding hydrogens is 315 g/mol. The van der Waals surface area contributed by atoms with Gasteiger partial charge in [0.15, 0.2) is 0 Å². The van der Waals surface area contributed by atoms with Crippen molar-refractivity contribution in [3.05, 3.63) is 29.6 Å². The van der Waals surface area contributed by atoms with Gasteiger partial charge in [-0.15, -0.1) is 12.4 Å². The van der Waals surface area contributed by atoms with E-state index in [4.69, 9.17) is 0 Å². The topological polar surface area (TPSA) is 49.4 Å². The molecule has 3 rings (SSSR count). The molecule has 0 bridgehead atoms. The Bertz CT molecular complexity index is 630. The Morgan fingerprint density at radius 1 is 1.33 bits per heavy atom. The molecule has 0 aromatic heterocycles. The van der Waals surface area contributed by atoms with Crippen LogP contribution in [-0.4, -0.2) is 38.9 Å². The maximum atomic E-state index is 13.6. The van der Waals surface area contributed by atoms with Crippen LogP contribution in [0.2, 0.25) is 0 Å². The van der Waals surface area contributed by atoms with Gasteiger partial charge in [0, 0.05) is 19.6 Å². The van der Waals surface area contributed by atoms with E-state index in [0.29, 0.717) is 18.7 Å². The van der Waals surface area contributed by atoms with Crippen LogP contribution >= 0.6 is 12.4 Å². The first-order chi connectivity index (χ1) is 9.43. The van der Waals surface area contributed by atoms with Crippen molar-refractivity contribution in [2.45, 2.75) is 24.7 Å². The van der Waals surface area contributed by atoms with E-state index in [9.17, 15) is 12.8 Å². The van der Waals surface area contributed by atoms with E-state index in [2.05, 4.69) is 5.32 Å². The molecule has 1 atom stereocenters. The number of sulfonamides is 1. The summed E-state index contributed by atoms with van der Waals surface area (Å²) >= 11 is 0. The predicted molar refractivity (Wildman–Crippen MR) is 81.7 cm³/mol. The Kier molecular flexibility index (Phi) is 4.63. The molecular formula is C14H20ClFN2O2S. The zero-order valence-corrected chi connectivity index (χ0v) is 13.6. The molecule has 0 saturated carbocycles. The van der Waals surface area contributed by atoms with Crippen molar-refractivity contribution in [3.63, 3.8) is 0 Å². The average Bonchev–Trinajstić information content (AvgIpc) is 3.04. The molecule has 4 nitrogen and oxygen atoms in total. The summed E-state index contributed by atoms with van der Waals surface area (Å²) in [5, 5.41) is 3.30. The Labute approximate surface area is 131 Å². The summed E-state index contributed by atoms with van der Waals surface area (Å²) in [6.07, 6.45) is 1.90. The van der Waals surface area contributed by atoms with Crippen LogP contribution in [-0.2, 0) is 10.0 Å².